The Labute approximate surface area is 178 Å². The molecule has 28 heavy (non-hydrogen) atoms. The number of nitrogens with one attached hydrogen (secondary N) is 2. The number of fused-ring (bicyclic) bond motifs is 1. The lowest BCUT2D eigenvalue weighted by Gasteiger charge is -2.14. The molecule has 2 amide bonds. The van der Waals surface area contributed by atoms with Gasteiger partial charge < -0.3 is 20.5 Å². The second-order valence-corrected chi connectivity index (χ2v) is 7.53. The molecule has 0 heterocycles. The van der Waals surface area contributed by atoms with Crippen molar-refractivity contribution in [2.24, 2.45) is 0 Å². The second-order valence-electron chi connectivity index (χ2n) is 5.83. The Morgan fingerprint density at radius 3 is 2.54 bits per heavy atom. The number of ether oxygens (including phenoxy) is 1. The molecule has 0 saturated heterocycles. The van der Waals surface area contributed by atoms with E-state index in [0.29, 0.717) is 26.8 Å². The van der Waals surface area contributed by atoms with E-state index in [4.69, 9.17) is 4.74 Å². The number of esters is 1. The van der Waals surface area contributed by atoms with Crippen LogP contribution in [0.2, 0.25) is 0 Å². The van der Waals surface area contributed by atoms with Gasteiger partial charge in [0.25, 0.3) is 0 Å². The Bertz CT molecular complexity index is 1070. The van der Waals surface area contributed by atoms with Crippen LogP contribution in [0, 0.1) is 0 Å². The smallest absolute Gasteiger partial charge is 0.338 e. The monoisotopic (exact) mass is 506 g/mol. The predicted octanol–water partition coefficient (Wildman–Crippen LogP) is 5.89. The van der Waals surface area contributed by atoms with E-state index in [1.807, 2.05) is 6.07 Å². The summed E-state index contributed by atoms with van der Waals surface area (Å²) in [5.41, 5.74) is 1.30. The number of hydrogen-bond acceptors (Lipinski definition) is 4. The number of aromatic hydroxyl groups is 1. The number of hydrogen-bond donors (Lipinski definition) is 3. The zero-order chi connectivity index (χ0) is 20.3. The van der Waals surface area contributed by atoms with Crippen molar-refractivity contribution in [2.45, 2.75) is 6.92 Å². The number of carbonyl (C=O) groups excluding carboxylic acids is 2. The van der Waals surface area contributed by atoms with Crippen LogP contribution in [0.3, 0.4) is 0 Å². The molecule has 0 aliphatic heterocycles. The highest BCUT2D eigenvalue weighted by atomic mass is 79.9. The molecule has 3 aromatic carbocycles. The van der Waals surface area contributed by atoms with Crippen LogP contribution in [0.5, 0.6) is 5.75 Å². The van der Waals surface area contributed by atoms with E-state index >= 15 is 0 Å². The molecule has 0 saturated carbocycles. The van der Waals surface area contributed by atoms with Crippen molar-refractivity contribution in [1.29, 1.82) is 0 Å². The Hall–Kier alpha value is -2.58. The second kappa shape index (κ2) is 8.62. The molecular weight excluding hydrogens is 492 g/mol. The van der Waals surface area contributed by atoms with E-state index in [1.54, 1.807) is 43.3 Å². The van der Waals surface area contributed by atoms with Crippen LogP contribution in [-0.2, 0) is 4.74 Å². The van der Waals surface area contributed by atoms with Gasteiger partial charge in [0.15, 0.2) is 0 Å². The lowest BCUT2D eigenvalue weighted by atomic mass is 10.1. The number of benzene rings is 3. The van der Waals surface area contributed by atoms with Crippen LogP contribution in [0.25, 0.3) is 10.8 Å². The van der Waals surface area contributed by atoms with Crippen molar-refractivity contribution in [3.05, 3.63) is 63.0 Å². The van der Waals surface area contributed by atoms with Crippen molar-refractivity contribution in [2.75, 3.05) is 17.2 Å². The van der Waals surface area contributed by atoms with Crippen molar-refractivity contribution in [1.82, 2.24) is 0 Å². The average molecular weight is 508 g/mol. The molecule has 0 fully saturated rings. The highest BCUT2D eigenvalue weighted by Gasteiger charge is 2.14. The number of amides is 2. The lowest BCUT2D eigenvalue weighted by Crippen LogP contribution is -2.20. The van der Waals surface area contributed by atoms with Crippen LogP contribution in [0.1, 0.15) is 17.3 Å². The van der Waals surface area contributed by atoms with Gasteiger partial charge in [0.1, 0.15) is 5.75 Å². The third-order valence-corrected chi connectivity index (χ3v) is 5.17. The summed E-state index contributed by atoms with van der Waals surface area (Å²) in [6.07, 6.45) is 0. The summed E-state index contributed by atoms with van der Waals surface area (Å²) in [7, 11) is 0. The third-order valence-electron chi connectivity index (χ3n) is 3.89. The van der Waals surface area contributed by atoms with Gasteiger partial charge in [-0.05, 0) is 70.7 Å². The minimum Gasteiger partial charge on any atom is -0.508 e. The maximum Gasteiger partial charge on any atom is 0.338 e. The third kappa shape index (κ3) is 4.45. The first-order valence-corrected chi connectivity index (χ1v) is 9.93. The summed E-state index contributed by atoms with van der Waals surface area (Å²) in [5, 5.41) is 16.8. The molecule has 3 aromatic rings. The molecule has 0 aliphatic carbocycles. The van der Waals surface area contributed by atoms with Crippen LogP contribution in [0.15, 0.2) is 57.5 Å². The summed E-state index contributed by atoms with van der Waals surface area (Å²) in [5.74, 6) is -0.369. The summed E-state index contributed by atoms with van der Waals surface area (Å²) in [4.78, 5) is 24.4. The number of rotatable bonds is 4. The highest BCUT2D eigenvalue weighted by molar-refractivity contribution is 9.11. The van der Waals surface area contributed by atoms with Gasteiger partial charge >= 0.3 is 12.0 Å². The molecule has 0 atom stereocenters. The molecule has 0 bridgehead atoms. The Kier molecular flexibility index (Phi) is 6.21. The van der Waals surface area contributed by atoms with Gasteiger partial charge in [-0.1, -0.05) is 22.0 Å². The van der Waals surface area contributed by atoms with E-state index in [9.17, 15) is 14.7 Å². The Balaban J connectivity index is 1.85. The fraction of sp³-hybridized carbons (Fsp3) is 0.100. The highest BCUT2D eigenvalue weighted by Crippen LogP contribution is 2.38. The summed E-state index contributed by atoms with van der Waals surface area (Å²) in [6.45, 7) is 2.00. The molecule has 6 nitrogen and oxygen atoms in total. The minimum atomic E-state index is -0.492. The van der Waals surface area contributed by atoms with Gasteiger partial charge in [0.2, 0.25) is 0 Å². The minimum absolute atomic E-state index is 0.0862. The first-order valence-electron chi connectivity index (χ1n) is 8.35. The standard InChI is InChI=1S/C20H16Br2N2O4/c1-2-28-19(26)11-4-3-5-12(8-11)23-20(27)24-18-15-9-13(25)6-7-14(15)16(21)10-17(18)22/h3-10,25H,2H2,1H3,(H2,23,24,27). The first-order chi connectivity index (χ1) is 13.4. The van der Waals surface area contributed by atoms with Gasteiger partial charge in [-0.25, -0.2) is 9.59 Å². The molecule has 0 unspecified atom stereocenters. The van der Waals surface area contributed by atoms with E-state index in [-0.39, 0.29) is 12.4 Å². The molecule has 144 valence electrons. The molecule has 8 heteroatoms. The topological polar surface area (TPSA) is 87.7 Å². The van der Waals surface area contributed by atoms with E-state index in [2.05, 4.69) is 42.5 Å². The van der Waals surface area contributed by atoms with Crippen LogP contribution >= 0.6 is 31.9 Å². The molecule has 0 aliphatic rings. The predicted molar refractivity (Wildman–Crippen MR) is 116 cm³/mol. The summed E-state index contributed by atoms with van der Waals surface area (Å²) < 4.78 is 6.44. The number of halogens is 2. The van der Waals surface area contributed by atoms with Crippen molar-refractivity contribution < 1.29 is 19.4 Å². The van der Waals surface area contributed by atoms with Gasteiger partial charge in [0.05, 0.1) is 17.9 Å². The van der Waals surface area contributed by atoms with Crippen molar-refractivity contribution in [3.63, 3.8) is 0 Å². The number of carbonyl (C=O) groups is 2. The maximum absolute atomic E-state index is 12.5. The fourth-order valence-corrected chi connectivity index (χ4v) is 4.10. The molecule has 0 radical (unpaired) electrons. The number of urea groups is 1. The zero-order valence-electron chi connectivity index (χ0n) is 14.8. The van der Waals surface area contributed by atoms with Gasteiger partial charge in [-0.15, -0.1) is 0 Å². The zero-order valence-corrected chi connectivity index (χ0v) is 17.9. The lowest BCUT2D eigenvalue weighted by molar-refractivity contribution is 0.0526. The number of phenolic OH excluding ortho intramolecular Hbond substituents is 1. The SMILES string of the molecule is CCOC(=O)c1cccc(NC(=O)Nc2c(Br)cc(Br)c3ccc(O)cc23)c1. The Morgan fingerprint density at radius 1 is 1.00 bits per heavy atom. The quantitative estimate of drug-likeness (QED) is 0.384. The maximum atomic E-state index is 12.5. The average Bonchev–Trinajstić information content (AvgIpc) is 2.65. The van der Waals surface area contributed by atoms with E-state index in [0.717, 1.165) is 9.86 Å². The van der Waals surface area contributed by atoms with Gasteiger partial charge in [-0.2, -0.15) is 0 Å². The summed E-state index contributed by atoms with van der Waals surface area (Å²) in [6, 6.07) is 12.7. The number of anilines is 2. The molecular formula is C20H16Br2N2O4. The van der Waals surface area contributed by atoms with Crippen LogP contribution in [0.4, 0.5) is 16.2 Å². The van der Waals surface area contributed by atoms with Gasteiger partial charge in [-0.3, -0.25) is 0 Å². The largest absolute Gasteiger partial charge is 0.508 e. The first kappa shape index (κ1) is 20.2. The molecule has 0 aromatic heterocycles. The molecule has 3 N–H and O–H groups in total. The van der Waals surface area contributed by atoms with Crippen molar-refractivity contribution >= 4 is 66.0 Å². The van der Waals surface area contributed by atoms with E-state index < -0.39 is 12.0 Å². The Morgan fingerprint density at radius 2 is 1.79 bits per heavy atom. The van der Waals surface area contributed by atoms with Crippen LogP contribution in [-0.4, -0.2) is 23.7 Å². The summed E-state index contributed by atoms with van der Waals surface area (Å²) >= 11 is 6.92. The van der Waals surface area contributed by atoms with Gasteiger partial charge in [0, 0.05) is 20.0 Å². The molecule has 3 rings (SSSR count). The fourth-order valence-electron chi connectivity index (χ4n) is 2.68. The number of phenols is 1. The molecule has 0 spiro atoms. The normalized spacial score (nSPS) is 10.5. The van der Waals surface area contributed by atoms with Crippen molar-refractivity contribution in [3.8, 4) is 5.75 Å². The van der Waals surface area contributed by atoms with E-state index in [1.165, 1.54) is 6.07 Å². The van der Waals surface area contributed by atoms with Crippen LogP contribution < -0.4 is 10.6 Å².